The lowest BCUT2D eigenvalue weighted by molar-refractivity contribution is -0.206. The fourth-order valence-electron chi connectivity index (χ4n) is 4.45. The molecule has 3 nitrogen and oxygen atoms in total. The van der Waals surface area contributed by atoms with Gasteiger partial charge >= 0.3 is 0 Å². The number of hydrogen-bond acceptors (Lipinski definition) is 3. The molecule has 0 N–H and O–H groups in total. The lowest BCUT2D eigenvalue weighted by atomic mass is 10.0. The monoisotopic (exact) mass is 464 g/mol. The summed E-state index contributed by atoms with van der Waals surface area (Å²) in [7, 11) is 0. The zero-order chi connectivity index (χ0) is 23.8. The van der Waals surface area contributed by atoms with Gasteiger partial charge in [0.1, 0.15) is 5.75 Å². The summed E-state index contributed by atoms with van der Waals surface area (Å²) in [6, 6.07) is 17.0. The van der Waals surface area contributed by atoms with Gasteiger partial charge in [-0.15, -0.1) is 6.58 Å². The van der Waals surface area contributed by atoms with Crippen molar-refractivity contribution in [3.05, 3.63) is 66.7 Å². The van der Waals surface area contributed by atoms with Crippen LogP contribution >= 0.6 is 0 Å². The Hall–Kier alpha value is -2.10. The summed E-state index contributed by atoms with van der Waals surface area (Å²) in [5.41, 5.74) is 3.48. The molecule has 0 spiro atoms. The van der Waals surface area contributed by atoms with Crippen LogP contribution in [0.2, 0.25) is 0 Å². The van der Waals surface area contributed by atoms with Crippen molar-refractivity contribution in [3.8, 4) is 16.9 Å². The molecule has 0 aromatic heterocycles. The molecule has 1 aliphatic rings. The zero-order valence-corrected chi connectivity index (χ0v) is 21.2. The molecule has 0 aliphatic carbocycles. The van der Waals surface area contributed by atoms with E-state index >= 15 is 0 Å². The summed E-state index contributed by atoms with van der Waals surface area (Å²) in [6.45, 7) is 8.42. The molecule has 2 aromatic carbocycles. The minimum atomic E-state index is -0.246. The Kier molecular flexibility index (Phi) is 12.3. The normalized spacial score (nSPS) is 18.0. The van der Waals surface area contributed by atoms with Crippen LogP contribution in [-0.4, -0.2) is 19.8 Å². The second-order valence-electron chi connectivity index (χ2n) is 9.55. The van der Waals surface area contributed by atoms with Crippen molar-refractivity contribution in [3.63, 3.8) is 0 Å². The van der Waals surface area contributed by atoms with Crippen molar-refractivity contribution >= 4 is 0 Å². The maximum absolute atomic E-state index is 6.04. The van der Waals surface area contributed by atoms with E-state index in [0.29, 0.717) is 5.92 Å². The van der Waals surface area contributed by atoms with E-state index in [1.165, 1.54) is 68.9 Å². The van der Waals surface area contributed by atoms with E-state index in [1.807, 2.05) is 6.08 Å². The lowest BCUT2D eigenvalue weighted by Gasteiger charge is -2.29. The van der Waals surface area contributed by atoms with Gasteiger partial charge in [-0.3, -0.25) is 0 Å². The Balaban J connectivity index is 1.37. The van der Waals surface area contributed by atoms with E-state index in [9.17, 15) is 0 Å². The number of unbranched alkanes of at least 4 members (excludes halogenated alkanes) is 8. The molecule has 1 heterocycles. The molecular weight excluding hydrogens is 420 g/mol. The van der Waals surface area contributed by atoms with Crippen LogP contribution < -0.4 is 4.74 Å². The third-order valence-corrected chi connectivity index (χ3v) is 6.62. The van der Waals surface area contributed by atoms with Gasteiger partial charge in [0.05, 0.1) is 19.8 Å². The number of hydrogen-bond donors (Lipinski definition) is 0. The Bertz CT molecular complexity index is 788. The maximum Gasteiger partial charge on any atom is 0.183 e. The van der Waals surface area contributed by atoms with Crippen LogP contribution in [0.3, 0.4) is 0 Å². The molecule has 0 amide bonds. The SMILES string of the molecule is C=CCCCCC[C@H]1CO[C@H](c2ccc(-c3ccc(OCCCCCCCC)cc3)cc2)OC1. The molecule has 1 fully saturated rings. The first kappa shape index (κ1) is 26.5. The molecule has 3 rings (SSSR count). The summed E-state index contributed by atoms with van der Waals surface area (Å²) < 4.78 is 18.0. The highest BCUT2D eigenvalue weighted by molar-refractivity contribution is 5.64. The van der Waals surface area contributed by atoms with Crippen molar-refractivity contribution in [2.45, 2.75) is 83.8 Å². The van der Waals surface area contributed by atoms with Gasteiger partial charge in [0.2, 0.25) is 0 Å². The topological polar surface area (TPSA) is 27.7 Å². The van der Waals surface area contributed by atoms with Crippen LogP contribution in [0.25, 0.3) is 11.1 Å². The predicted molar refractivity (Wildman–Crippen MR) is 142 cm³/mol. The fraction of sp³-hybridized carbons (Fsp3) is 0.548. The first-order valence-electron chi connectivity index (χ1n) is 13.5. The minimum absolute atomic E-state index is 0.246. The van der Waals surface area contributed by atoms with Crippen molar-refractivity contribution in [2.24, 2.45) is 5.92 Å². The van der Waals surface area contributed by atoms with Crippen molar-refractivity contribution in [1.82, 2.24) is 0 Å². The van der Waals surface area contributed by atoms with Gasteiger partial charge in [-0.25, -0.2) is 0 Å². The predicted octanol–water partition coefficient (Wildman–Crippen LogP) is 8.89. The molecule has 0 bridgehead atoms. The van der Waals surface area contributed by atoms with Gasteiger partial charge in [-0.2, -0.15) is 0 Å². The van der Waals surface area contributed by atoms with E-state index in [-0.39, 0.29) is 6.29 Å². The zero-order valence-electron chi connectivity index (χ0n) is 21.2. The van der Waals surface area contributed by atoms with Gasteiger partial charge in [0.15, 0.2) is 6.29 Å². The van der Waals surface area contributed by atoms with Crippen LogP contribution in [0.5, 0.6) is 5.75 Å². The van der Waals surface area contributed by atoms with Gasteiger partial charge in [0.25, 0.3) is 0 Å². The highest BCUT2D eigenvalue weighted by Gasteiger charge is 2.23. The Morgan fingerprint density at radius 1 is 0.794 bits per heavy atom. The van der Waals surface area contributed by atoms with E-state index in [1.54, 1.807) is 0 Å². The summed E-state index contributed by atoms with van der Waals surface area (Å²) in [5, 5.41) is 0. The summed E-state index contributed by atoms with van der Waals surface area (Å²) >= 11 is 0. The highest BCUT2D eigenvalue weighted by atomic mass is 16.7. The number of rotatable bonds is 16. The average molecular weight is 465 g/mol. The second-order valence-corrected chi connectivity index (χ2v) is 9.55. The number of allylic oxidation sites excluding steroid dienone is 1. The maximum atomic E-state index is 6.04. The third-order valence-electron chi connectivity index (χ3n) is 6.62. The molecule has 1 aliphatic heterocycles. The van der Waals surface area contributed by atoms with Gasteiger partial charge in [-0.05, 0) is 48.9 Å². The summed E-state index contributed by atoms with van der Waals surface area (Å²) in [6.07, 6.45) is 15.5. The van der Waals surface area contributed by atoms with Crippen molar-refractivity contribution in [2.75, 3.05) is 19.8 Å². The first-order chi connectivity index (χ1) is 16.8. The summed E-state index contributed by atoms with van der Waals surface area (Å²) in [4.78, 5) is 0. The first-order valence-corrected chi connectivity index (χ1v) is 13.5. The van der Waals surface area contributed by atoms with Gasteiger partial charge in [0, 0.05) is 11.5 Å². The van der Waals surface area contributed by atoms with Crippen LogP contribution in [0.15, 0.2) is 61.2 Å². The molecule has 2 aromatic rings. The number of benzene rings is 2. The molecule has 1 saturated heterocycles. The standard InChI is InChI=1S/C31H44O3/c1-3-5-7-9-11-13-23-32-30-21-19-28(20-22-30)27-15-17-29(18-16-27)31-33-24-26(25-34-31)14-12-10-8-6-4-2/h4,15-22,26,31H,2-3,5-14,23-25H2,1H3/t26-,31-. The molecule has 0 saturated carbocycles. The largest absolute Gasteiger partial charge is 0.494 e. The van der Waals surface area contributed by atoms with Crippen molar-refractivity contribution < 1.29 is 14.2 Å². The molecule has 186 valence electrons. The van der Waals surface area contributed by atoms with E-state index < -0.39 is 0 Å². The average Bonchev–Trinajstić information content (AvgIpc) is 2.89. The molecular formula is C31H44O3. The van der Waals surface area contributed by atoms with Crippen LogP contribution in [-0.2, 0) is 9.47 Å². The van der Waals surface area contributed by atoms with E-state index in [2.05, 4.69) is 62.0 Å². The number of ether oxygens (including phenoxy) is 3. The van der Waals surface area contributed by atoms with E-state index in [0.717, 1.165) is 44.0 Å². The van der Waals surface area contributed by atoms with Gasteiger partial charge in [-0.1, -0.05) is 94.3 Å². The summed E-state index contributed by atoms with van der Waals surface area (Å²) in [5.74, 6) is 1.47. The highest BCUT2D eigenvalue weighted by Crippen LogP contribution is 2.30. The smallest absolute Gasteiger partial charge is 0.183 e. The second kappa shape index (κ2) is 15.7. The molecule has 0 atom stereocenters. The fourth-order valence-corrected chi connectivity index (χ4v) is 4.45. The van der Waals surface area contributed by atoms with Crippen LogP contribution in [0.1, 0.15) is 89.4 Å². The Labute approximate surface area is 207 Å². The molecule has 34 heavy (non-hydrogen) atoms. The molecule has 3 heteroatoms. The Morgan fingerprint density at radius 2 is 1.41 bits per heavy atom. The quantitative estimate of drug-likeness (QED) is 0.183. The molecule has 0 unspecified atom stereocenters. The van der Waals surface area contributed by atoms with Crippen LogP contribution in [0, 0.1) is 5.92 Å². The minimum Gasteiger partial charge on any atom is -0.494 e. The van der Waals surface area contributed by atoms with Crippen molar-refractivity contribution in [1.29, 1.82) is 0 Å². The Morgan fingerprint density at radius 3 is 2.09 bits per heavy atom. The third kappa shape index (κ3) is 9.27. The molecule has 0 radical (unpaired) electrons. The van der Waals surface area contributed by atoms with E-state index in [4.69, 9.17) is 14.2 Å². The van der Waals surface area contributed by atoms with Crippen LogP contribution in [0.4, 0.5) is 0 Å². The van der Waals surface area contributed by atoms with Gasteiger partial charge < -0.3 is 14.2 Å². The lowest BCUT2D eigenvalue weighted by Crippen LogP contribution is -2.27.